The van der Waals surface area contributed by atoms with E-state index in [0.29, 0.717) is 37.6 Å². The lowest BCUT2D eigenvalue weighted by Gasteiger charge is -2.31. The van der Waals surface area contributed by atoms with E-state index in [1.807, 2.05) is 62.4 Å². The highest BCUT2D eigenvalue weighted by atomic mass is 32.2. The van der Waals surface area contributed by atoms with E-state index in [-0.39, 0.29) is 11.8 Å². The van der Waals surface area contributed by atoms with Gasteiger partial charge in [-0.15, -0.1) is 11.8 Å². The lowest BCUT2D eigenvalue weighted by atomic mass is 10.1. The average molecular weight is 427 g/mol. The molecule has 30 heavy (non-hydrogen) atoms. The zero-order valence-corrected chi connectivity index (χ0v) is 19.4. The number of nitrogens with one attached hydrogen (secondary N) is 1. The number of thioether (sulfide) groups is 1. The van der Waals surface area contributed by atoms with Crippen LogP contribution >= 0.6 is 11.8 Å². The van der Waals surface area contributed by atoms with Crippen LogP contribution in [0.15, 0.2) is 59.5 Å². The molecule has 0 spiro atoms. The summed E-state index contributed by atoms with van der Waals surface area (Å²) in [5.74, 6) is 1.01. The van der Waals surface area contributed by atoms with Crippen molar-refractivity contribution in [3.05, 3.63) is 65.7 Å². The van der Waals surface area contributed by atoms with Crippen LogP contribution in [0.25, 0.3) is 0 Å². The maximum absolute atomic E-state index is 13.2. The summed E-state index contributed by atoms with van der Waals surface area (Å²) in [6, 6.07) is 17.8. The van der Waals surface area contributed by atoms with Gasteiger partial charge in [0.1, 0.15) is 6.04 Å². The molecular weight excluding hydrogens is 392 g/mol. The number of rotatable bonds is 11. The molecule has 0 unspecified atom stereocenters. The molecule has 5 heteroatoms. The van der Waals surface area contributed by atoms with Crippen LogP contribution < -0.4 is 5.32 Å². The van der Waals surface area contributed by atoms with Crippen molar-refractivity contribution in [1.82, 2.24) is 10.2 Å². The Bertz CT molecular complexity index is 808. The quantitative estimate of drug-likeness (QED) is 0.511. The van der Waals surface area contributed by atoms with E-state index in [1.54, 1.807) is 16.7 Å². The highest BCUT2D eigenvalue weighted by molar-refractivity contribution is 7.99. The molecule has 2 aromatic carbocycles. The van der Waals surface area contributed by atoms with Gasteiger partial charge in [-0.25, -0.2) is 0 Å². The Balaban J connectivity index is 2.11. The van der Waals surface area contributed by atoms with Gasteiger partial charge >= 0.3 is 0 Å². The Kier molecular flexibility index (Phi) is 9.95. The van der Waals surface area contributed by atoms with E-state index in [2.05, 4.69) is 25.2 Å². The smallest absolute Gasteiger partial charge is 0.242 e. The summed E-state index contributed by atoms with van der Waals surface area (Å²) in [5, 5.41) is 3.01. The third kappa shape index (κ3) is 7.86. The number of hydrogen-bond acceptors (Lipinski definition) is 3. The Morgan fingerprint density at radius 2 is 1.80 bits per heavy atom. The second-order valence-electron chi connectivity index (χ2n) is 7.99. The zero-order chi connectivity index (χ0) is 21.9. The summed E-state index contributed by atoms with van der Waals surface area (Å²) in [5.41, 5.74) is 2.20. The summed E-state index contributed by atoms with van der Waals surface area (Å²) < 4.78 is 0. The minimum atomic E-state index is -0.460. The van der Waals surface area contributed by atoms with Gasteiger partial charge in [0.25, 0.3) is 0 Å². The third-order valence-corrected chi connectivity index (χ3v) is 5.85. The first kappa shape index (κ1) is 24.0. The van der Waals surface area contributed by atoms with Crippen LogP contribution in [0, 0.1) is 12.8 Å². The molecule has 4 nitrogen and oxygen atoms in total. The van der Waals surface area contributed by atoms with Crippen LogP contribution in [-0.2, 0) is 16.1 Å². The molecule has 2 rings (SSSR count). The molecule has 0 bridgehead atoms. The van der Waals surface area contributed by atoms with Crippen molar-refractivity contribution in [2.45, 2.75) is 58.0 Å². The van der Waals surface area contributed by atoms with Crippen molar-refractivity contribution in [3.63, 3.8) is 0 Å². The molecule has 0 saturated heterocycles. The van der Waals surface area contributed by atoms with Gasteiger partial charge in [0.15, 0.2) is 0 Å². The van der Waals surface area contributed by atoms with E-state index in [9.17, 15) is 9.59 Å². The van der Waals surface area contributed by atoms with Gasteiger partial charge in [0, 0.05) is 30.2 Å². The fraction of sp³-hybridized carbons (Fsp3) is 0.440. The van der Waals surface area contributed by atoms with Crippen molar-refractivity contribution in [3.8, 4) is 0 Å². The molecule has 162 valence electrons. The van der Waals surface area contributed by atoms with Crippen LogP contribution in [-0.4, -0.2) is 35.1 Å². The van der Waals surface area contributed by atoms with E-state index >= 15 is 0 Å². The lowest BCUT2D eigenvalue weighted by Crippen LogP contribution is -2.49. The maximum Gasteiger partial charge on any atom is 0.242 e. The highest BCUT2D eigenvalue weighted by Crippen LogP contribution is 2.20. The fourth-order valence-electron chi connectivity index (χ4n) is 3.27. The predicted molar refractivity (Wildman–Crippen MR) is 125 cm³/mol. The van der Waals surface area contributed by atoms with Gasteiger partial charge in [-0.05, 0) is 37.0 Å². The maximum atomic E-state index is 13.2. The zero-order valence-electron chi connectivity index (χ0n) is 18.6. The number of hydrogen-bond donors (Lipinski definition) is 1. The van der Waals surface area contributed by atoms with Gasteiger partial charge in [-0.2, -0.15) is 0 Å². The Morgan fingerprint density at radius 3 is 2.43 bits per heavy atom. The summed E-state index contributed by atoms with van der Waals surface area (Å²) in [4.78, 5) is 29.0. The normalized spacial score (nSPS) is 11.9. The number of amides is 2. The van der Waals surface area contributed by atoms with Crippen molar-refractivity contribution in [2.24, 2.45) is 5.92 Å². The number of carbonyl (C=O) groups is 2. The second-order valence-corrected chi connectivity index (χ2v) is 9.15. The second kappa shape index (κ2) is 12.4. The molecule has 0 radical (unpaired) electrons. The standard InChI is InChI=1S/C25H34N2O2S/c1-5-23(25(29)26-17-19(2)3)27(18-21-11-9-10-20(4)16-21)24(28)14-15-30-22-12-7-6-8-13-22/h6-13,16,19,23H,5,14-15,17-18H2,1-4H3,(H,26,29)/t23-/m0/s1. The third-order valence-electron chi connectivity index (χ3n) is 4.83. The van der Waals surface area contributed by atoms with Crippen LogP contribution in [0.4, 0.5) is 0 Å². The minimum absolute atomic E-state index is 0.0199. The van der Waals surface area contributed by atoms with E-state index in [1.165, 1.54) is 0 Å². The molecule has 0 aliphatic carbocycles. The highest BCUT2D eigenvalue weighted by Gasteiger charge is 2.28. The largest absolute Gasteiger partial charge is 0.354 e. The van der Waals surface area contributed by atoms with Crippen LogP contribution in [0.1, 0.15) is 44.7 Å². The van der Waals surface area contributed by atoms with Crippen molar-refractivity contribution in [2.75, 3.05) is 12.3 Å². The van der Waals surface area contributed by atoms with Gasteiger partial charge in [-0.3, -0.25) is 9.59 Å². The number of aryl methyl sites for hydroxylation is 1. The van der Waals surface area contributed by atoms with Gasteiger partial charge in [-0.1, -0.05) is 68.8 Å². The molecule has 0 aliphatic heterocycles. The van der Waals surface area contributed by atoms with E-state index in [0.717, 1.165) is 16.0 Å². The molecule has 0 aromatic heterocycles. The van der Waals surface area contributed by atoms with Crippen LogP contribution in [0.3, 0.4) is 0 Å². The first-order valence-corrected chi connectivity index (χ1v) is 11.7. The lowest BCUT2D eigenvalue weighted by molar-refractivity contribution is -0.141. The van der Waals surface area contributed by atoms with Crippen molar-refractivity contribution in [1.29, 1.82) is 0 Å². The van der Waals surface area contributed by atoms with Crippen molar-refractivity contribution < 1.29 is 9.59 Å². The summed E-state index contributed by atoms with van der Waals surface area (Å²) in [6.07, 6.45) is 0.993. The molecular formula is C25H34N2O2S. The van der Waals surface area contributed by atoms with Crippen LogP contribution in [0.5, 0.6) is 0 Å². The molecule has 2 amide bonds. The minimum Gasteiger partial charge on any atom is -0.354 e. The van der Waals surface area contributed by atoms with E-state index < -0.39 is 6.04 Å². The van der Waals surface area contributed by atoms with Gasteiger partial charge in [0.2, 0.25) is 11.8 Å². The first-order valence-electron chi connectivity index (χ1n) is 10.7. The molecule has 0 heterocycles. The van der Waals surface area contributed by atoms with E-state index in [4.69, 9.17) is 0 Å². The monoisotopic (exact) mass is 426 g/mol. The Hall–Kier alpha value is -2.27. The molecule has 2 aromatic rings. The molecule has 1 atom stereocenters. The average Bonchev–Trinajstić information content (AvgIpc) is 2.72. The summed E-state index contributed by atoms with van der Waals surface area (Å²) in [6.45, 7) is 9.21. The molecule has 1 N–H and O–H groups in total. The van der Waals surface area contributed by atoms with Crippen molar-refractivity contribution >= 4 is 23.6 Å². The van der Waals surface area contributed by atoms with Crippen LogP contribution in [0.2, 0.25) is 0 Å². The Labute approximate surface area is 185 Å². The topological polar surface area (TPSA) is 49.4 Å². The molecule has 0 fully saturated rings. The SMILES string of the molecule is CC[C@@H](C(=O)NCC(C)C)N(Cc1cccc(C)c1)C(=O)CCSc1ccccc1. The fourth-order valence-corrected chi connectivity index (χ4v) is 4.13. The number of nitrogens with zero attached hydrogens (tertiary/aromatic N) is 1. The Morgan fingerprint density at radius 1 is 1.07 bits per heavy atom. The van der Waals surface area contributed by atoms with Gasteiger partial charge in [0.05, 0.1) is 0 Å². The predicted octanol–water partition coefficient (Wildman–Crippen LogP) is 5.06. The first-order chi connectivity index (χ1) is 14.4. The van der Waals surface area contributed by atoms with Gasteiger partial charge < -0.3 is 10.2 Å². The summed E-state index contributed by atoms with van der Waals surface area (Å²) >= 11 is 1.67. The number of carbonyl (C=O) groups excluding carboxylic acids is 2. The number of benzene rings is 2. The summed E-state index contributed by atoms with van der Waals surface area (Å²) in [7, 11) is 0. The molecule has 0 saturated carbocycles. The molecule has 0 aliphatic rings.